The number of hydrogen-bond acceptors (Lipinski definition) is 3. The topological polar surface area (TPSA) is 37.8 Å². The maximum Gasteiger partial charge on any atom is 0.0724 e. The van der Waals surface area contributed by atoms with Crippen molar-refractivity contribution in [2.24, 2.45) is 5.41 Å². The van der Waals surface area contributed by atoms with Gasteiger partial charge >= 0.3 is 0 Å². The van der Waals surface area contributed by atoms with Crippen molar-refractivity contribution in [3.63, 3.8) is 0 Å². The third kappa shape index (κ3) is 2.53. The molecule has 1 aliphatic carbocycles. The summed E-state index contributed by atoms with van der Waals surface area (Å²) in [7, 11) is 0. The summed E-state index contributed by atoms with van der Waals surface area (Å²) in [6.07, 6.45) is 9.23. The summed E-state index contributed by atoms with van der Waals surface area (Å²) < 4.78 is 0. The molecule has 0 amide bonds. The second-order valence-electron chi connectivity index (χ2n) is 5.01. The standard InChI is InChI=1S/C12H19N3/c1-12(2)5-3-4-11(12)15-9-10-8-13-6-7-14-10/h6-8,11,15H,3-5,9H2,1-2H3. The highest BCUT2D eigenvalue weighted by Gasteiger charge is 2.33. The van der Waals surface area contributed by atoms with Crippen LogP contribution in [0, 0.1) is 5.41 Å². The molecule has 1 aromatic heterocycles. The molecule has 1 aromatic rings. The Kier molecular flexibility index (Phi) is 3.00. The molecule has 1 N–H and O–H groups in total. The summed E-state index contributed by atoms with van der Waals surface area (Å²) >= 11 is 0. The molecule has 0 spiro atoms. The zero-order valence-corrected chi connectivity index (χ0v) is 9.53. The van der Waals surface area contributed by atoms with Gasteiger partial charge < -0.3 is 5.32 Å². The van der Waals surface area contributed by atoms with Crippen molar-refractivity contribution >= 4 is 0 Å². The van der Waals surface area contributed by atoms with Gasteiger partial charge in [0.05, 0.1) is 5.69 Å². The van der Waals surface area contributed by atoms with E-state index in [1.54, 1.807) is 12.4 Å². The Hall–Kier alpha value is -0.960. The fraction of sp³-hybridized carbons (Fsp3) is 0.667. The lowest BCUT2D eigenvalue weighted by molar-refractivity contribution is 0.281. The maximum absolute atomic E-state index is 4.26. The molecule has 1 aliphatic rings. The van der Waals surface area contributed by atoms with E-state index in [1.807, 2.05) is 6.20 Å². The van der Waals surface area contributed by atoms with Crippen LogP contribution in [0.5, 0.6) is 0 Å². The summed E-state index contributed by atoms with van der Waals surface area (Å²) in [5.41, 5.74) is 1.46. The van der Waals surface area contributed by atoms with Crippen molar-refractivity contribution in [1.82, 2.24) is 15.3 Å². The van der Waals surface area contributed by atoms with Crippen LogP contribution < -0.4 is 5.32 Å². The van der Waals surface area contributed by atoms with Crippen LogP contribution in [0.3, 0.4) is 0 Å². The van der Waals surface area contributed by atoms with Crippen LogP contribution in [0.2, 0.25) is 0 Å². The van der Waals surface area contributed by atoms with Gasteiger partial charge in [-0.05, 0) is 18.3 Å². The first-order valence-electron chi connectivity index (χ1n) is 5.67. The summed E-state index contributed by atoms with van der Waals surface area (Å²) in [6, 6.07) is 0.625. The first-order chi connectivity index (χ1) is 7.18. The molecule has 1 heterocycles. The van der Waals surface area contributed by atoms with Gasteiger partial charge in [-0.15, -0.1) is 0 Å². The lowest BCUT2D eigenvalue weighted by Crippen LogP contribution is -2.37. The fourth-order valence-corrected chi connectivity index (χ4v) is 2.35. The SMILES string of the molecule is CC1(C)CCCC1NCc1cnccn1. The monoisotopic (exact) mass is 205 g/mol. The van der Waals surface area contributed by atoms with Crippen molar-refractivity contribution in [2.75, 3.05) is 0 Å². The van der Waals surface area contributed by atoms with Gasteiger partial charge in [0.1, 0.15) is 0 Å². The lowest BCUT2D eigenvalue weighted by Gasteiger charge is -2.27. The van der Waals surface area contributed by atoms with Gasteiger partial charge in [-0.3, -0.25) is 9.97 Å². The Bertz CT molecular complexity index is 308. The molecular formula is C12H19N3. The summed E-state index contributed by atoms with van der Waals surface area (Å²) in [6.45, 7) is 5.52. The van der Waals surface area contributed by atoms with Crippen LogP contribution in [0.15, 0.2) is 18.6 Å². The number of hydrogen-bond donors (Lipinski definition) is 1. The quantitative estimate of drug-likeness (QED) is 0.821. The zero-order valence-electron chi connectivity index (χ0n) is 9.53. The van der Waals surface area contributed by atoms with E-state index < -0.39 is 0 Å². The number of aromatic nitrogens is 2. The third-order valence-electron chi connectivity index (χ3n) is 3.40. The number of rotatable bonds is 3. The van der Waals surface area contributed by atoms with E-state index in [1.165, 1.54) is 19.3 Å². The van der Waals surface area contributed by atoms with Crippen molar-refractivity contribution < 1.29 is 0 Å². The number of nitrogens with one attached hydrogen (secondary N) is 1. The van der Waals surface area contributed by atoms with E-state index >= 15 is 0 Å². The lowest BCUT2D eigenvalue weighted by atomic mass is 9.87. The molecule has 0 aliphatic heterocycles. The van der Waals surface area contributed by atoms with Gasteiger partial charge in [0, 0.05) is 31.2 Å². The predicted octanol–water partition coefficient (Wildman–Crippen LogP) is 2.14. The molecular weight excluding hydrogens is 186 g/mol. The van der Waals surface area contributed by atoms with Gasteiger partial charge in [0.2, 0.25) is 0 Å². The molecule has 15 heavy (non-hydrogen) atoms. The predicted molar refractivity (Wildman–Crippen MR) is 60.3 cm³/mol. The first kappa shape index (κ1) is 10.6. The number of nitrogens with zero attached hydrogens (tertiary/aromatic N) is 2. The molecule has 0 bridgehead atoms. The van der Waals surface area contributed by atoms with Crippen molar-refractivity contribution in [3.8, 4) is 0 Å². The van der Waals surface area contributed by atoms with Crippen molar-refractivity contribution in [2.45, 2.75) is 45.7 Å². The van der Waals surface area contributed by atoms with Gasteiger partial charge in [0.15, 0.2) is 0 Å². The van der Waals surface area contributed by atoms with E-state index in [0.717, 1.165) is 12.2 Å². The molecule has 2 rings (SSSR count). The van der Waals surface area contributed by atoms with Gasteiger partial charge in [-0.25, -0.2) is 0 Å². The second-order valence-corrected chi connectivity index (χ2v) is 5.01. The second kappa shape index (κ2) is 4.27. The molecule has 3 heteroatoms. The van der Waals surface area contributed by atoms with Crippen LogP contribution in [-0.4, -0.2) is 16.0 Å². The smallest absolute Gasteiger partial charge is 0.0724 e. The Morgan fingerprint density at radius 1 is 1.47 bits per heavy atom. The van der Waals surface area contributed by atoms with Crippen molar-refractivity contribution in [1.29, 1.82) is 0 Å². The minimum Gasteiger partial charge on any atom is -0.308 e. The average molecular weight is 205 g/mol. The Morgan fingerprint density at radius 2 is 2.33 bits per heavy atom. The minimum absolute atomic E-state index is 0.433. The van der Waals surface area contributed by atoms with E-state index in [4.69, 9.17) is 0 Å². The van der Waals surface area contributed by atoms with Crippen molar-refractivity contribution in [3.05, 3.63) is 24.3 Å². The Morgan fingerprint density at radius 3 is 2.93 bits per heavy atom. The van der Waals surface area contributed by atoms with E-state index in [9.17, 15) is 0 Å². The normalized spacial score (nSPS) is 24.3. The summed E-state index contributed by atoms with van der Waals surface area (Å²) in [5.74, 6) is 0. The molecule has 1 fully saturated rings. The van der Waals surface area contributed by atoms with Gasteiger partial charge in [-0.2, -0.15) is 0 Å². The fourth-order valence-electron chi connectivity index (χ4n) is 2.35. The zero-order chi connectivity index (χ0) is 10.7. The first-order valence-corrected chi connectivity index (χ1v) is 5.67. The van der Waals surface area contributed by atoms with E-state index in [-0.39, 0.29) is 0 Å². The molecule has 1 unspecified atom stereocenters. The van der Waals surface area contributed by atoms with Gasteiger partial charge in [-0.1, -0.05) is 20.3 Å². The average Bonchev–Trinajstić information content (AvgIpc) is 2.56. The summed E-state index contributed by atoms with van der Waals surface area (Å²) in [5, 5.41) is 3.59. The summed E-state index contributed by atoms with van der Waals surface area (Å²) in [4.78, 5) is 8.33. The highest BCUT2D eigenvalue weighted by atomic mass is 15.0. The largest absolute Gasteiger partial charge is 0.308 e. The van der Waals surface area contributed by atoms with Gasteiger partial charge in [0.25, 0.3) is 0 Å². The molecule has 82 valence electrons. The highest BCUT2D eigenvalue weighted by Crippen LogP contribution is 2.37. The van der Waals surface area contributed by atoms with Crippen LogP contribution in [0.1, 0.15) is 38.8 Å². The molecule has 0 radical (unpaired) electrons. The van der Waals surface area contributed by atoms with E-state index in [2.05, 4.69) is 29.1 Å². The third-order valence-corrected chi connectivity index (χ3v) is 3.40. The van der Waals surface area contributed by atoms with Crippen LogP contribution in [0.4, 0.5) is 0 Å². The maximum atomic E-state index is 4.26. The molecule has 1 saturated carbocycles. The Balaban J connectivity index is 1.89. The Labute approximate surface area is 91.3 Å². The molecule has 3 nitrogen and oxygen atoms in total. The minimum atomic E-state index is 0.433. The molecule has 0 saturated heterocycles. The van der Waals surface area contributed by atoms with Crippen LogP contribution in [0.25, 0.3) is 0 Å². The van der Waals surface area contributed by atoms with Crippen LogP contribution >= 0.6 is 0 Å². The van der Waals surface area contributed by atoms with E-state index in [0.29, 0.717) is 11.5 Å². The highest BCUT2D eigenvalue weighted by molar-refractivity contribution is 4.97. The molecule has 0 aromatic carbocycles. The van der Waals surface area contributed by atoms with Crippen LogP contribution in [-0.2, 0) is 6.54 Å². The molecule has 1 atom stereocenters.